The summed E-state index contributed by atoms with van der Waals surface area (Å²) < 4.78 is 0. The molecule has 0 radical (unpaired) electrons. The molecule has 0 bridgehead atoms. The summed E-state index contributed by atoms with van der Waals surface area (Å²) in [6, 6.07) is 0.782. The van der Waals surface area contributed by atoms with Gasteiger partial charge in [0.05, 0.1) is 5.70 Å². The second-order valence-corrected chi connectivity index (χ2v) is 7.11. The van der Waals surface area contributed by atoms with Crippen LogP contribution in [0.15, 0.2) is 53.7 Å². The quantitative estimate of drug-likeness (QED) is 0.213. The van der Waals surface area contributed by atoms with Gasteiger partial charge in [-0.15, -0.1) is 0 Å². The molecule has 1 fully saturated rings. The molecule has 0 heterocycles. The molecule has 30 heavy (non-hydrogen) atoms. The summed E-state index contributed by atoms with van der Waals surface area (Å²) in [5.41, 5.74) is 1.98. The molecule has 2 nitrogen and oxygen atoms in total. The van der Waals surface area contributed by atoms with Gasteiger partial charge in [0.25, 0.3) is 0 Å². The lowest BCUT2D eigenvalue weighted by Gasteiger charge is -2.29. The van der Waals surface area contributed by atoms with Crippen molar-refractivity contribution in [2.45, 2.75) is 113 Å². The van der Waals surface area contributed by atoms with Crippen LogP contribution in [0.1, 0.15) is 107 Å². The van der Waals surface area contributed by atoms with E-state index in [-0.39, 0.29) is 0 Å². The molecule has 1 aliphatic rings. The van der Waals surface area contributed by atoms with Gasteiger partial charge in [0.1, 0.15) is 0 Å². The van der Waals surface area contributed by atoms with Gasteiger partial charge in [-0.25, -0.2) is 0 Å². The minimum absolute atomic E-state index is 0.782. The third-order valence-corrected chi connectivity index (χ3v) is 4.81. The van der Waals surface area contributed by atoms with Crippen molar-refractivity contribution >= 4 is 6.21 Å². The highest BCUT2D eigenvalue weighted by molar-refractivity contribution is 5.56. The predicted octanol–water partition coefficient (Wildman–Crippen LogP) is 9.07. The number of unbranched alkanes of at least 4 members (excludes halogenated alkanes) is 1. The number of allylic oxidation sites excluding steroid dienone is 4. The molecule has 2 heteroatoms. The molecular weight excluding hydrogens is 364 g/mol. The third-order valence-electron chi connectivity index (χ3n) is 4.81. The van der Waals surface area contributed by atoms with Crippen LogP contribution in [0.25, 0.3) is 0 Å². The lowest BCUT2D eigenvalue weighted by molar-refractivity contribution is 0.277. The van der Waals surface area contributed by atoms with Crippen molar-refractivity contribution in [3.8, 4) is 0 Å². The Morgan fingerprint density at radius 1 is 1.07 bits per heavy atom. The standard InChI is InChI=1S/C16H29N.C8H13N.2C2H6/c1-3-5-7-8-14-17-16-12-10-15(11-13-16)9-6-4-2;1-5-8(7(3)4)9-6-2;2*1-2/h3,5,7,15-17H,1,4,6,8-14H2,2H3;5-6H,3H2,1-2,4H3;2*1-2H3/b7-5-;8-5-,9-6?;;. The lowest BCUT2D eigenvalue weighted by atomic mass is 9.83. The lowest BCUT2D eigenvalue weighted by Crippen LogP contribution is -2.33. The van der Waals surface area contributed by atoms with Gasteiger partial charge in [0.2, 0.25) is 0 Å². The Kier molecular flexibility index (Phi) is 30.6. The Labute approximate surface area is 190 Å². The number of aliphatic imine (C=N–C) groups is 1. The maximum absolute atomic E-state index is 4.08. The molecule has 0 amide bonds. The Morgan fingerprint density at radius 3 is 2.07 bits per heavy atom. The maximum Gasteiger partial charge on any atom is 0.0606 e. The first-order chi connectivity index (χ1) is 14.6. The Morgan fingerprint density at radius 2 is 1.67 bits per heavy atom. The monoisotopic (exact) mass is 418 g/mol. The molecule has 0 aromatic heterocycles. The molecular formula is C28H54N2. The summed E-state index contributed by atoms with van der Waals surface area (Å²) >= 11 is 0. The second kappa shape index (κ2) is 27.6. The van der Waals surface area contributed by atoms with E-state index in [4.69, 9.17) is 0 Å². The molecule has 0 aromatic carbocycles. The van der Waals surface area contributed by atoms with E-state index in [1.807, 2.05) is 66.7 Å². The number of nitrogens with one attached hydrogen (secondary N) is 1. The zero-order valence-corrected chi connectivity index (χ0v) is 21.8. The first kappa shape index (κ1) is 33.2. The maximum atomic E-state index is 4.08. The minimum Gasteiger partial charge on any atom is -0.314 e. The fourth-order valence-electron chi connectivity index (χ4n) is 3.28. The summed E-state index contributed by atoms with van der Waals surface area (Å²) in [6.45, 7) is 24.6. The molecule has 176 valence electrons. The molecule has 0 spiro atoms. The van der Waals surface area contributed by atoms with Crippen LogP contribution in [0.3, 0.4) is 0 Å². The first-order valence-corrected chi connectivity index (χ1v) is 12.4. The topological polar surface area (TPSA) is 24.4 Å². The van der Waals surface area contributed by atoms with Crippen molar-refractivity contribution in [1.29, 1.82) is 0 Å². The van der Waals surface area contributed by atoms with Crippen LogP contribution in [0.4, 0.5) is 0 Å². The summed E-state index contributed by atoms with van der Waals surface area (Å²) in [7, 11) is 0. The summed E-state index contributed by atoms with van der Waals surface area (Å²) in [4.78, 5) is 4.08. The largest absolute Gasteiger partial charge is 0.314 e. The fraction of sp³-hybridized carbons (Fsp3) is 0.679. The van der Waals surface area contributed by atoms with Gasteiger partial charge in [-0.05, 0) is 70.9 Å². The molecule has 0 saturated heterocycles. The van der Waals surface area contributed by atoms with Crippen LogP contribution in [-0.4, -0.2) is 18.8 Å². The van der Waals surface area contributed by atoms with Crippen LogP contribution in [0.2, 0.25) is 0 Å². The number of nitrogens with zero attached hydrogens (tertiary/aromatic N) is 1. The van der Waals surface area contributed by atoms with E-state index >= 15 is 0 Å². The average Bonchev–Trinajstić information content (AvgIpc) is 2.79. The van der Waals surface area contributed by atoms with E-state index < -0.39 is 0 Å². The van der Waals surface area contributed by atoms with Crippen LogP contribution >= 0.6 is 0 Å². The van der Waals surface area contributed by atoms with Crippen molar-refractivity contribution in [3.63, 3.8) is 0 Å². The molecule has 0 aliphatic heterocycles. The number of rotatable bonds is 10. The van der Waals surface area contributed by atoms with Crippen LogP contribution in [0.5, 0.6) is 0 Å². The summed E-state index contributed by atoms with van der Waals surface area (Å²) in [5.74, 6) is 1.02. The third kappa shape index (κ3) is 21.3. The SMILES string of the molecule is C=C(C)/C(=C/C)N=CC.C=C/C=C\CCNC1CCC(CCCC)CC1.CC.CC. The molecule has 1 rings (SSSR count). The van der Waals surface area contributed by atoms with Crippen molar-refractivity contribution in [2.24, 2.45) is 10.9 Å². The van der Waals surface area contributed by atoms with E-state index in [0.717, 1.165) is 36.2 Å². The van der Waals surface area contributed by atoms with E-state index in [0.29, 0.717) is 0 Å². The van der Waals surface area contributed by atoms with Gasteiger partial charge < -0.3 is 5.32 Å². The fourth-order valence-corrected chi connectivity index (χ4v) is 3.28. The van der Waals surface area contributed by atoms with Crippen LogP contribution < -0.4 is 5.32 Å². The van der Waals surface area contributed by atoms with E-state index in [2.05, 4.69) is 36.5 Å². The molecule has 1 N–H and O–H groups in total. The van der Waals surface area contributed by atoms with Crippen molar-refractivity contribution < 1.29 is 0 Å². The van der Waals surface area contributed by atoms with Gasteiger partial charge in [0, 0.05) is 12.3 Å². The van der Waals surface area contributed by atoms with Gasteiger partial charge in [0.15, 0.2) is 0 Å². The normalized spacial score (nSPS) is 18.5. The Hall–Kier alpha value is -1.41. The first-order valence-electron chi connectivity index (χ1n) is 12.4. The zero-order chi connectivity index (χ0) is 23.6. The molecule has 1 saturated carbocycles. The molecule has 0 unspecified atom stereocenters. The van der Waals surface area contributed by atoms with E-state index in [9.17, 15) is 0 Å². The minimum atomic E-state index is 0.782. The highest BCUT2D eigenvalue weighted by Crippen LogP contribution is 2.28. The van der Waals surface area contributed by atoms with Gasteiger partial charge in [-0.2, -0.15) is 0 Å². The Balaban J connectivity index is -0.000000475. The highest BCUT2D eigenvalue weighted by Gasteiger charge is 2.19. The van der Waals surface area contributed by atoms with Crippen LogP contribution in [-0.2, 0) is 0 Å². The average molecular weight is 419 g/mol. The summed E-state index contributed by atoms with van der Waals surface area (Å²) in [5, 5.41) is 3.67. The van der Waals surface area contributed by atoms with E-state index in [1.165, 1.54) is 44.9 Å². The summed E-state index contributed by atoms with van der Waals surface area (Å²) in [6.07, 6.45) is 20.8. The second-order valence-electron chi connectivity index (χ2n) is 7.11. The molecule has 1 aliphatic carbocycles. The smallest absolute Gasteiger partial charge is 0.0606 e. The van der Waals surface area contributed by atoms with Gasteiger partial charge >= 0.3 is 0 Å². The molecule has 0 atom stereocenters. The zero-order valence-electron chi connectivity index (χ0n) is 21.8. The number of hydrogen-bond acceptors (Lipinski definition) is 2. The molecule has 0 aromatic rings. The van der Waals surface area contributed by atoms with Crippen molar-refractivity contribution in [3.05, 3.63) is 48.7 Å². The van der Waals surface area contributed by atoms with E-state index in [1.54, 1.807) is 6.21 Å². The van der Waals surface area contributed by atoms with Gasteiger partial charge in [-0.3, -0.25) is 4.99 Å². The van der Waals surface area contributed by atoms with Crippen LogP contribution in [0, 0.1) is 5.92 Å². The number of hydrogen-bond donors (Lipinski definition) is 1. The Bertz CT molecular complexity index is 449. The van der Waals surface area contributed by atoms with Crippen molar-refractivity contribution in [2.75, 3.05) is 6.54 Å². The predicted molar refractivity (Wildman–Crippen MR) is 143 cm³/mol. The van der Waals surface area contributed by atoms with Crippen molar-refractivity contribution in [1.82, 2.24) is 5.32 Å². The van der Waals surface area contributed by atoms with Gasteiger partial charge in [-0.1, -0.05) is 91.3 Å². The highest BCUT2D eigenvalue weighted by atomic mass is 14.9.